The second-order valence-electron chi connectivity index (χ2n) is 12.3. The van der Waals surface area contributed by atoms with Crippen molar-refractivity contribution in [1.29, 1.82) is 0 Å². The molecule has 1 spiro atoms. The number of carbonyl (C=O) groups is 3. The molecule has 3 aliphatic heterocycles. The van der Waals surface area contributed by atoms with E-state index in [9.17, 15) is 9.59 Å². The van der Waals surface area contributed by atoms with E-state index in [4.69, 9.17) is 0 Å². The van der Waals surface area contributed by atoms with Crippen molar-refractivity contribution < 1.29 is 14.4 Å². The zero-order valence-corrected chi connectivity index (χ0v) is 25.1. The van der Waals surface area contributed by atoms with Crippen molar-refractivity contribution in [3.63, 3.8) is 0 Å². The molecule has 7 rings (SSSR count). The number of nitrogens with zero attached hydrogens (tertiary/aromatic N) is 1. The Balaban J connectivity index is 1.46. The first-order chi connectivity index (χ1) is 21.5. The lowest BCUT2D eigenvalue weighted by Gasteiger charge is -2.39. The molecule has 1 saturated heterocycles. The zero-order chi connectivity index (χ0) is 30.4. The van der Waals surface area contributed by atoms with E-state index in [1.165, 1.54) is 5.56 Å². The summed E-state index contributed by atoms with van der Waals surface area (Å²) in [6.07, 6.45) is 6.46. The average Bonchev–Trinajstić information content (AvgIpc) is 3.53. The molecule has 0 aliphatic carbocycles. The highest BCUT2D eigenvalue weighted by Gasteiger charge is 2.70. The molecule has 220 valence electrons. The van der Waals surface area contributed by atoms with Gasteiger partial charge in [0.1, 0.15) is 11.5 Å². The molecule has 0 aromatic heterocycles. The first-order valence-corrected chi connectivity index (χ1v) is 15.7. The molecule has 0 unspecified atom stereocenters. The highest BCUT2D eigenvalue weighted by atomic mass is 16.2. The van der Waals surface area contributed by atoms with E-state index in [1.54, 1.807) is 12.1 Å². The number of Topliss-reactive ketones (excluding diaryl/α,β-unsaturated/α-hetero) is 2. The summed E-state index contributed by atoms with van der Waals surface area (Å²) in [5.74, 6) is -1.56. The minimum Gasteiger partial charge on any atom is -0.352 e. The van der Waals surface area contributed by atoms with Crippen molar-refractivity contribution in [3.8, 4) is 0 Å². The van der Waals surface area contributed by atoms with E-state index >= 15 is 4.79 Å². The van der Waals surface area contributed by atoms with Crippen LogP contribution in [0, 0.1) is 5.92 Å². The van der Waals surface area contributed by atoms with Gasteiger partial charge in [-0.1, -0.05) is 117 Å². The maximum atomic E-state index is 15.0. The van der Waals surface area contributed by atoms with E-state index < -0.39 is 23.4 Å². The predicted molar refractivity (Wildman–Crippen MR) is 175 cm³/mol. The van der Waals surface area contributed by atoms with Crippen LogP contribution >= 0.6 is 0 Å². The molecule has 0 saturated carbocycles. The number of rotatable bonds is 8. The summed E-state index contributed by atoms with van der Waals surface area (Å²) in [6.45, 7) is 4.23. The van der Waals surface area contributed by atoms with Crippen molar-refractivity contribution in [1.82, 2.24) is 0 Å². The van der Waals surface area contributed by atoms with Crippen LogP contribution in [0.15, 0.2) is 109 Å². The third-order valence-electron chi connectivity index (χ3n) is 9.80. The monoisotopic (exact) mass is 580 g/mol. The Labute approximate surface area is 258 Å². The lowest BCUT2D eigenvalue weighted by atomic mass is 9.64. The van der Waals surface area contributed by atoms with Crippen LogP contribution in [-0.4, -0.2) is 29.6 Å². The van der Waals surface area contributed by atoms with Crippen LogP contribution in [-0.2, 0) is 16.6 Å². The fourth-order valence-electron chi connectivity index (χ4n) is 7.75. The number of carbonyl (C=O) groups excluding carboxylic acids is 3. The van der Waals surface area contributed by atoms with Gasteiger partial charge in [0.2, 0.25) is 5.91 Å². The van der Waals surface area contributed by atoms with Gasteiger partial charge in [0.05, 0.1) is 12.0 Å². The number of amides is 1. The number of nitrogens with one attached hydrogen (secondary N) is 1. The van der Waals surface area contributed by atoms with Crippen molar-refractivity contribution in [2.24, 2.45) is 5.92 Å². The minimum absolute atomic E-state index is 0.165. The topological polar surface area (TPSA) is 66.5 Å². The fourth-order valence-corrected chi connectivity index (χ4v) is 7.75. The third kappa shape index (κ3) is 4.17. The number of ketones is 2. The zero-order valence-electron chi connectivity index (χ0n) is 25.1. The highest BCUT2D eigenvalue weighted by molar-refractivity contribution is 6.18. The van der Waals surface area contributed by atoms with Gasteiger partial charge in [0.25, 0.3) is 0 Å². The van der Waals surface area contributed by atoms with E-state index in [2.05, 4.69) is 23.2 Å². The summed E-state index contributed by atoms with van der Waals surface area (Å²) in [6, 6.07) is 31.2. The molecule has 3 aliphatic rings. The summed E-state index contributed by atoms with van der Waals surface area (Å²) < 4.78 is 0. The van der Waals surface area contributed by atoms with Crippen molar-refractivity contribution in [2.45, 2.75) is 57.0 Å². The second kappa shape index (κ2) is 11.1. The van der Waals surface area contributed by atoms with Gasteiger partial charge in [-0.3, -0.25) is 14.4 Å². The van der Waals surface area contributed by atoms with E-state index in [1.807, 2.05) is 97.9 Å². The Morgan fingerprint density at radius 3 is 2.25 bits per heavy atom. The number of benzene rings is 4. The van der Waals surface area contributed by atoms with E-state index in [0.29, 0.717) is 16.8 Å². The molecule has 5 nitrogen and oxygen atoms in total. The molecular formula is C39H36N2O3. The average molecular weight is 581 g/mol. The molecule has 0 bridgehead atoms. The Morgan fingerprint density at radius 2 is 1.48 bits per heavy atom. The summed E-state index contributed by atoms with van der Waals surface area (Å²) in [7, 11) is 0. The van der Waals surface area contributed by atoms with Gasteiger partial charge >= 0.3 is 0 Å². The molecule has 1 N–H and O–H groups in total. The van der Waals surface area contributed by atoms with Gasteiger partial charge in [0, 0.05) is 28.1 Å². The standard InChI is InChI=1S/C39H36N2O3/c1-3-4-6-13-26-20-22-28(23-21-26)36(42)34-35(37(43)27-14-7-5-8-15-27)41-32-19-12-9-16-29(32)25(2)24-33(41)39(34)30-17-10-11-18-31(30)40-38(39)44/h5,7-12,14-24,33-35H,3-4,6,13H2,1-2H3,(H,40,44)/t33-,34+,35+,39+/m1/s1. The number of unbranched alkanes of at least 4 members (excludes halogenated alkanes) is 2. The summed E-state index contributed by atoms with van der Waals surface area (Å²) in [5, 5.41) is 3.12. The van der Waals surface area contributed by atoms with Crippen LogP contribution in [0.3, 0.4) is 0 Å². The maximum Gasteiger partial charge on any atom is 0.238 e. The minimum atomic E-state index is -1.31. The smallest absolute Gasteiger partial charge is 0.238 e. The third-order valence-corrected chi connectivity index (χ3v) is 9.80. The number of anilines is 2. The van der Waals surface area contributed by atoms with Crippen molar-refractivity contribution in [3.05, 3.63) is 137 Å². The molecule has 4 atom stereocenters. The van der Waals surface area contributed by atoms with Crippen molar-refractivity contribution in [2.75, 3.05) is 10.2 Å². The normalized spacial score (nSPS) is 23.0. The number of para-hydroxylation sites is 2. The van der Waals surface area contributed by atoms with E-state index in [-0.39, 0.29) is 17.5 Å². The Morgan fingerprint density at radius 1 is 0.795 bits per heavy atom. The molecule has 3 heterocycles. The number of aryl methyl sites for hydroxylation is 1. The first-order valence-electron chi connectivity index (χ1n) is 15.7. The Kier molecular flexibility index (Phi) is 7.04. The summed E-state index contributed by atoms with van der Waals surface area (Å²) in [4.78, 5) is 46.4. The van der Waals surface area contributed by atoms with Gasteiger partial charge in [-0.15, -0.1) is 0 Å². The largest absolute Gasteiger partial charge is 0.352 e. The lowest BCUT2D eigenvalue weighted by molar-refractivity contribution is -0.121. The maximum absolute atomic E-state index is 15.0. The number of hydrogen-bond acceptors (Lipinski definition) is 4. The Bertz CT molecular complexity index is 1790. The lowest BCUT2D eigenvalue weighted by Crippen LogP contribution is -2.51. The van der Waals surface area contributed by atoms with Gasteiger partial charge in [0.15, 0.2) is 11.6 Å². The number of fused-ring (bicyclic) bond motifs is 6. The number of allylic oxidation sites excluding steroid dienone is 1. The SMILES string of the molecule is CCCCCc1ccc(C(=O)[C@@H]2[C@@H](C(=O)c3ccccc3)N3c4ccccc4C(C)=C[C@@H]3[C@]23C(=O)Nc2ccccc23)cc1. The fraction of sp³-hybridized carbons (Fsp3) is 0.256. The van der Waals surface area contributed by atoms with Gasteiger partial charge in [-0.25, -0.2) is 0 Å². The molecule has 4 aromatic rings. The van der Waals surface area contributed by atoms with Crippen LogP contribution in [0.1, 0.15) is 70.5 Å². The highest BCUT2D eigenvalue weighted by Crippen LogP contribution is 2.58. The molecular weight excluding hydrogens is 544 g/mol. The summed E-state index contributed by atoms with van der Waals surface area (Å²) >= 11 is 0. The van der Waals surface area contributed by atoms with Gasteiger partial charge in [-0.05, 0) is 48.6 Å². The quantitative estimate of drug-likeness (QED) is 0.172. The van der Waals surface area contributed by atoms with Crippen LogP contribution in [0.5, 0.6) is 0 Å². The molecule has 5 heteroatoms. The number of hydrogen-bond donors (Lipinski definition) is 1. The first kappa shape index (κ1) is 28.0. The molecule has 1 fully saturated rings. The van der Waals surface area contributed by atoms with Crippen LogP contribution in [0.25, 0.3) is 5.57 Å². The van der Waals surface area contributed by atoms with Crippen molar-refractivity contribution >= 4 is 34.4 Å². The van der Waals surface area contributed by atoms with Gasteiger partial charge < -0.3 is 10.2 Å². The van der Waals surface area contributed by atoms with Gasteiger partial charge in [-0.2, -0.15) is 0 Å². The predicted octanol–water partition coefficient (Wildman–Crippen LogP) is 7.67. The van der Waals surface area contributed by atoms with Crippen LogP contribution in [0.4, 0.5) is 11.4 Å². The molecule has 4 aromatic carbocycles. The van der Waals surface area contributed by atoms with Crippen LogP contribution < -0.4 is 10.2 Å². The molecule has 44 heavy (non-hydrogen) atoms. The Hall–Kier alpha value is -4.77. The van der Waals surface area contributed by atoms with Crippen LogP contribution in [0.2, 0.25) is 0 Å². The molecule has 0 radical (unpaired) electrons. The second-order valence-corrected chi connectivity index (χ2v) is 12.3. The van der Waals surface area contributed by atoms with E-state index in [0.717, 1.165) is 48.1 Å². The molecule has 1 amide bonds. The summed E-state index contributed by atoms with van der Waals surface area (Å²) in [5.41, 5.74) is 5.26.